The zero-order valence-electron chi connectivity index (χ0n) is 6.72. The first-order chi connectivity index (χ1) is 6.61. The van der Waals surface area contributed by atoms with E-state index in [9.17, 15) is 24.1 Å². The maximum atomic E-state index is 11.1. The molecule has 0 saturated carbocycles. The molecule has 0 saturated heterocycles. The van der Waals surface area contributed by atoms with E-state index >= 15 is 0 Å². The fourth-order valence-corrected chi connectivity index (χ4v) is 0.888. The number of aldehydes is 1. The zero-order valence-corrected chi connectivity index (χ0v) is 6.72. The SMILES string of the molecule is O=CC1=CC=C(C(=O)N=O)C(=O)C1=O. The summed E-state index contributed by atoms with van der Waals surface area (Å²) < 4.78 is 0. The molecule has 1 rings (SSSR count). The fraction of sp³-hybridized carbons (Fsp3) is 0. The van der Waals surface area contributed by atoms with E-state index in [1.165, 1.54) is 0 Å². The minimum absolute atomic E-state index is 0.201. The summed E-state index contributed by atoms with van der Waals surface area (Å²) in [5.41, 5.74) is -0.965. The van der Waals surface area contributed by atoms with E-state index in [2.05, 4.69) is 0 Å². The molecule has 0 unspecified atom stereocenters. The van der Waals surface area contributed by atoms with Crippen LogP contribution in [0.25, 0.3) is 0 Å². The first-order valence-corrected chi connectivity index (χ1v) is 3.45. The number of ketones is 2. The number of nitroso groups, excluding NO2 is 1. The highest BCUT2D eigenvalue weighted by molar-refractivity contribution is 6.57. The minimum atomic E-state index is -1.32. The lowest BCUT2D eigenvalue weighted by molar-refractivity contribution is -0.134. The molecule has 0 radical (unpaired) electrons. The van der Waals surface area contributed by atoms with Gasteiger partial charge >= 0.3 is 5.91 Å². The Labute approximate surface area is 77.2 Å². The van der Waals surface area contributed by atoms with Gasteiger partial charge in [0.2, 0.25) is 11.6 Å². The van der Waals surface area contributed by atoms with Gasteiger partial charge in [-0.3, -0.25) is 19.2 Å². The second kappa shape index (κ2) is 3.65. The van der Waals surface area contributed by atoms with E-state index in [0.29, 0.717) is 0 Å². The highest BCUT2D eigenvalue weighted by Crippen LogP contribution is 2.11. The highest BCUT2D eigenvalue weighted by atomic mass is 16.3. The van der Waals surface area contributed by atoms with Gasteiger partial charge in [0.25, 0.3) is 0 Å². The third kappa shape index (κ3) is 1.45. The smallest absolute Gasteiger partial charge is 0.298 e. The molecule has 1 amide bonds. The molecule has 14 heavy (non-hydrogen) atoms. The van der Waals surface area contributed by atoms with Crippen LogP contribution in [0.5, 0.6) is 0 Å². The van der Waals surface area contributed by atoms with E-state index < -0.39 is 23.0 Å². The Morgan fingerprint density at radius 3 is 2.36 bits per heavy atom. The molecule has 6 heteroatoms. The number of hydrogen-bond acceptors (Lipinski definition) is 5. The highest BCUT2D eigenvalue weighted by Gasteiger charge is 2.30. The Morgan fingerprint density at radius 1 is 1.21 bits per heavy atom. The van der Waals surface area contributed by atoms with Crippen molar-refractivity contribution < 1.29 is 19.2 Å². The molecule has 0 atom stereocenters. The molecule has 0 aliphatic heterocycles. The number of carbonyl (C=O) groups excluding carboxylic acids is 4. The van der Waals surface area contributed by atoms with Gasteiger partial charge in [0.1, 0.15) is 0 Å². The summed E-state index contributed by atoms with van der Waals surface area (Å²) in [5, 5.41) is 2.00. The molecule has 0 aromatic heterocycles. The molecule has 0 heterocycles. The quantitative estimate of drug-likeness (QED) is 0.193. The van der Waals surface area contributed by atoms with Gasteiger partial charge in [-0.05, 0) is 12.2 Å². The fourth-order valence-electron chi connectivity index (χ4n) is 0.888. The Hall–Kier alpha value is -2.24. The topological polar surface area (TPSA) is 97.7 Å². The predicted molar refractivity (Wildman–Crippen MR) is 43.0 cm³/mol. The van der Waals surface area contributed by atoms with Crippen LogP contribution in [0, 0.1) is 4.91 Å². The summed E-state index contributed by atoms with van der Waals surface area (Å²) in [4.78, 5) is 52.8. The van der Waals surface area contributed by atoms with Gasteiger partial charge in [-0.25, -0.2) is 0 Å². The van der Waals surface area contributed by atoms with E-state index in [4.69, 9.17) is 0 Å². The van der Waals surface area contributed by atoms with Crippen LogP contribution in [0.15, 0.2) is 28.5 Å². The van der Waals surface area contributed by atoms with Crippen molar-refractivity contribution in [1.82, 2.24) is 0 Å². The summed E-state index contributed by atoms with van der Waals surface area (Å²) in [6.45, 7) is 0. The summed E-state index contributed by atoms with van der Waals surface area (Å²) >= 11 is 0. The lowest BCUT2D eigenvalue weighted by Gasteiger charge is -2.03. The largest absolute Gasteiger partial charge is 0.320 e. The Morgan fingerprint density at radius 2 is 1.86 bits per heavy atom. The summed E-state index contributed by atoms with van der Waals surface area (Å²) in [6, 6.07) is 0. The molecule has 70 valence electrons. The maximum Gasteiger partial charge on any atom is 0.320 e. The monoisotopic (exact) mass is 193 g/mol. The van der Waals surface area contributed by atoms with Crippen molar-refractivity contribution >= 4 is 23.8 Å². The average molecular weight is 193 g/mol. The number of Topliss-reactive ketones (excluding diaryl/α,β-unsaturated/α-hetero) is 2. The van der Waals surface area contributed by atoms with Crippen molar-refractivity contribution in [3.63, 3.8) is 0 Å². The number of carbonyl (C=O) groups is 4. The lowest BCUT2D eigenvalue weighted by Crippen LogP contribution is -2.25. The molecular formula is C8H3NO5. The number of nitrogens with zero attached hydrogens (tertiary/aromatic N) is 1. The molecule has 0 aromatic carbocycles. The van der Waals surface area contributed by atoms with Crippen LogP contribution in [0.2, 0.25) is 0 Å². The van der Waals surface area contributed by atoms with Gasteiger partial charge in [-0.15, -0.1) is 4.91 Å². The lowest BCUT2D eigenvalue weighted by atomic mass is 9.96. The first kappa shape index (κ1) is 9.85. The second-order valence-electron chi connectivity index (χ2n) is 2.37. The van der Waals surface area contributed by atoms with Crippen LogP contribution in [-0.4, -0.2) is 23.8 Å². The normalized spacial score (nSPS) is 15.7. The molecule has 0 spiro atoms. The van der Waals surface area contributed by atoms with E-state index in [-0.39, 0.29) is 11.9 Å². The minimum Gasteiger partial charge on any atom is -0.298 e. The number of amides is 1. The van der Waals surface area contributed by atoms with Gasteiger partial charge in [0.15, 0.2) is 6.29 Å². The van der Waals surface area contributed by atoms with Crippen LogP contribution >= 0.6 is 0 Å². The zero-order chi connectivity index (χ0) is 10.7. The van der Waals surface area contributed by atoms with Crippen molar-refractivity contribution in [3.8, 4) is 0 Å². The first-order valence-electron chi connectivity index (χ1n) is 3.45. The predicted octanol–water partition coefficient (Wildman–Crippen LogP) is -0.517. The third-order valence-corrected chi connectivity index (χ3v) is 1.58. The molecule has 1 aliphatic carbocycles. The Bertz CT molecular complexity index is 415. The molecule has 6 nitrogen and oxygen atoms in total. The van der Waals surface area contributed by atoms with Crippen molar-refractivity contribution in [2.45, 2.75) is 0 Å². The summed E-state index contributed by atoms with van der Waals surface area (Å²) in [6.07, 6.45) is 2.12. The van der Waals surface area contributed by atoms with E-state index in [0.717, 1.165) is 12.2 Å². The van der Waals surface area contributed by atoms with E-state index in [1.54, 1.807) is 0 Å². The van der Waals surface area contributed by atoms with Gasteiger partial charge in [0.05, 0.1) is 11.1 Å². The van der Waals surface area contributed by atoms with Gasteiger partial charge in [-0.1, -0.05) is 0 Å². The standard InChI is InChI=1S/C8H3NO5/c10-3-4-1-2-5(8(13)9-14)7(12)6(4)11/h1-3H. The van der Waals surface area contributed by atoms with Crippen LogP contribution in [0.3, 0.4) is 0 Å². The maximum absolute atomic E-state index is 11.1. The molecule has 1 aliphatic rings. The second-order valence-corrected chi connectivity index (χ2v) is 2.37. The average Bonchev–Trinajstić information content (AvgIpc) is 2.21. The van der Waals surface area contributed by atoms with Crippen molar-refractivity contribution in [1.29, 1.82) is 0 Å². The Balaban J connectivity index is 3.19. The summed E-state index contributed by atoms with van der Waals surface area (Å²) in [7, 11) is 0. The van der Waals surface area contributed by atoms with Crippen molar-refractivity contribution in [2.75, 3.05) is 0 Å². The van der Waals surface area contributed by atoms with Crippen molar-refractivity contribution in [2.24, 2.45) is 5.18 Å². The number of allylic oxidation sites excluding steroid dienone is 3. The molecule has 0 N–H and O–H groups in total. The van der Waals surface area contributed by atoms with E-state index in [1.807, 2.05) is 5.18 Å². The Kier molecular flexibility index (Phi) is 2.57. The third-order valence-electron chi connectivity index (χ3n) is 1.58. The molecular weight excluding hydrogens is 190 g/mol. The van der Waals surface area contributed by atoms with Gasteiger partial charge in [0, 0.05) is 5.18 Å². The van der Waals surface area contributed by atoms with Gasteiger partial charge < -0.3 is 0 Å². The van der Waals surface area contributed by atoms with Crippen LogP contribution in [0.4, 0.5) is 0 Å². The molecule has 0 bridgehead atoms. The van der Waals surface area contributed by atoms with Crippen LogP contribution < -0.4 is 0 Å². The number of rotatable bonds is 2. The van der Waals surface area contributed by atoms with Gasteiger partial charge in [-0.2, -0.15) is 0 Å². The van der Waals surface area contributed by atoms with Crippen LogP contribution in [0.1, 0.15) is 0 Å². The molecule has 0 aromatic rings. The summed E-state index contributed by atoms with van der Waals surface area (Å²) in [5.74, 6) is -3.60. The van der Waals surface area contributed by atoms with Crippen molar-refractivity contribution in [3.05, 3.63) is 28.2 Å². The number of hydrogen-bond donors (Lipinski definition) is 0. The molecule has 0 fully saturated rings. The van der Waals surface area contributed by atoms with Crippen LogP contribution in [-0.2, 0) is 19.2 Å².